The van der Waals surface area contributed by atoms with Gasteiger partial charge < -0.3 is 19.7 Å². The van der Waals surface area contributed by atoms with Crippen LogP contribution in [0.3, 0.4) is 0 Å². The number of hydrogen-bond donors (Lipinski definition) is 1. The van der Waals surface area contributed by atoms with E-state index in [1.807, 2.05) is 18.2 Å². The topological polar surface area (TPSA) is 33.7 Å². The number of hydrogen-bond acceptors (Lipinski definition) is 4. The second-order valence-electron chi connectivity index (χ2n) is 6.27. The van der Waals surface area contributed by atoms with Crippen LogP contribution in [0.15, 0.2) is 48.5 Å². The van der Waals surface area contributed by atoms with E-state index in [0.29, 0.717) is 0 Å². The average molecular weight is 326 g/mol. The van der Waals surface area contributed by atoms with Crippen molar-refractivity contribution in [2.24, 2.45) is 0 Å². The maximum atomic E-state index is 5.87. The quantitative estimate of drug-likeness (QED) is 0.872. The second-order valence-corrected chi connectivity index (χ2v) is 6.27. The van der Waals surface area contributed by atoms with Gasteiger partial charge in [-0.3, -0.25) is 0 Å². The van der Waals surface area contributed by atoms with Crippen molar-refractivity contribution < 1.29 is 9.47 Å². The summed E-state index contributed by atoms with van der Waals surface area (Å²) in [7, 11) is 0. The number of ether oxygens (including phenoxy) is 2. The van der Waals surface area contributed by atoms with Crippen LogP contribution in [0, 0.1) is 0 Å². The molecule has 0 amide bonds. The summed E-state index contributed by atoms with van der Waals surface area (Å²) in [5, 5.41) is 3.48. The van der Waals surface area contributed by atoms with Gasteiger partial charge in [0.15, 0.2) is 0 Å². The molecule has 0 aliphatic carbocycles. The van der Waals surface area contributed by atoms with Gasteiger partial charge in [-0.1, -0.05) is 18.2 Å². The Morgan fingerprint density at radius 1 is 1.04 bits per heavy atom. The molecule has 0 spiro atoms. The molecule has 1 N–H and O–H groups in total. The Morgan fingerprint density at radius 3 is 2.46 bits per heavy atom. The number of nitrogens with one attached hydrogen (secondary N) is 1. The predicted octanol–water partition coefficient (Wildman–Crippen LogP) is 3.92. The molecule has 0 atom stereocenters. The summed E-state index contributed by atoms with van der Waals surface area (Å²) in [6, 6.07) is 16.8. The number of anilines is 2. The fourth-order valence-electron chi connectivity index (χ4n) is 2.83. The van der Waals surface area contributed by atoms with Gasteiger partial charge in [-0.15, -0.1) is 0 Å². The number of rotatable bonds is 6. The minimum Gasteiger partial charge on any atom is -0.491 e. The molecule has 24 heavy (non-hydrogen) atoms. The first kappa shape index (κ1) is 16.7. The van der Waals surface area contributed by atoms with Crippen LogP contribution in [0.4, 0.5) is 11.4 Å². The van der Waals surface area contributed by atoms with Gasteiger partial charge >= 0.3 is 0 Å². The van der Waals surface area contributed by atoms with E-state index >= 15 is 0 Å². The third-order valence-electron chi connectivity index (χ3n) is 4.06. The molecule has 2 aromatic carbocycles. The minimum absolute atomic E-state index is 0.180. The maximum Gasteiger partial charge on any atom is 0.124 e. The molecule has 1 saturated heterocycles. The number of nitrogens with zero attached hydrogens (tertiary/aromatic N) is 1. The Balaban J connectivity index is 1.61. The van der Waals surface area contributed by atoms with Crippen LogP contribution in [-0.4, -0.2) is 32.4 Å². The van der Waals surface area contributed by atoms with E-state index in [1.165, 1.54) is 11.3 Å². The zero-order valence-corrected chi connectivity index (χ0v) is 14.5. The first-order chi connectivity index (χ1) is 11.7. The largest absolute Gasteiger partial charge is 0.491 e. The lowest BCUT2D eigenvalue weighted by molar-refractivity contribution is 0.122. The summed E-state index contributed by atoms with van der Waals surface area (Å²) < 4.78 is 11.3. The van der Waals surface area contributed by atoms with E-state index in [-0.39, 0.29) is 6.10 Å². The lowest BCUT2D eigenvalue weighted by Crippen LogP contribution is -2.36. The zero-order chi connectivity index (χ0) is 16.8. The van der Waals surface area contributed by atoms with Crippen LogP contribution in [-0.2, 0) is 11.3 Å². The second kappa shape index (κ2) is 8.06. The van der Waals surface area contributed by atoms with Gasteiger partial charge in [0.25, 0.3) is 0 Å². The highest BCUT2D eigenvalue weighted by Crippen LogP contribution is 2.22. The summed E-state index contributed by atoms with van der Waals surface area (Å²) in [5.41, 5.74) is 3.54. The predicted molar refractivity (Wildman–Crippen MR) is 99.0 cm³/mol. The van der Waals surface area contributed by atoms with E-state index in [9.17, 15) is 0 Å². The van der Waals surface area contributed by atoms with Crippen LogP contribution in [0.25, 0.3) is 0 Å². The van der Waals surface area contributed by atoms with Crippen molar-refractivity contribution in [3.8, 4) is 5.75 Å². The van der Waals surface area contributed by atoms with E-state index in [4.69, 9.17) is 9.47 Å². The molecule has 128 valence electrons. The summed E-state index contributed by atoms with van der Waals surface area (Å²) >= 11 is 0. The number of benzene rings is 2. The van der Waals surface area contributed by atoms with Crippen LogP contribution < -0.4 is 15.0 Å². The third kappa shape index (κ3) is 4.42. The molecule has 0 bridgehead atoms. The van der Waals surface area contributed by atoms with Crippen LogP contribution in [0.1, 0.15) is 19.4 Å². The third-order valence-corrected chi connectivity index (χ3v) is 4.06. The lowest BCUT2D eigenvalue weighted by atomic mass is 10.2. The van der Waals surface area contributed by atoms with Crippen LogP contribution in [0.5, 0.6) is 5.75 Å². The molecule has 1 heterocycles. The highest BCUT2D eigenvalue weighted by Gasteiger charge is 2.11. The molecule has 3 rings (SSSR count). The highest BCUT2D eigenvalue weighted by atomic mass is 16.5. The van der Waals surface area contributed by atoms with Gasteiger partial charge in [0.1, 0.15) is 5.75 Å². The first-order valence-electron chi connectivity index (χ1n) is 8.63. The summed E-state index contributed by atoms with van der Waals surface area (Å²) in [5.74, 6) is 0.949. The Hall–Kier alpha value is -2.20. The molecule has 0 aromatic heterocycles. The van der Waals surface area contributed by atoms with E-state index in [0.717, 1.165) is 44.3 Å². The van der Waals surface area contributed by atoms with E-state index < -0.39 is 0 Å². The summed E-state index contributed by atoms with van der Waals surface area (Å²) in [4.78, 5) is 2.36. The molecule has 0 radical (unpaired) electrons. The number of para-hydroxylation sites is 1. The maximum absolute atomic E-state index is 5.87. The molecule has 4 nitrogen and oxygen atoms in total. The van der Waals surface area contributed by atoms with Crippen molar-refractivity contribution in [3.05, 3.63) is 54.1 Å². The van der Waals surface area contributed by atoms with Crippen molar-refractivity contribution in [2.75, 3.05) is 36.5 Å². The smallest absolute Gasteiger partial charge is 0.124 e. The molecule has 1 aliphatic rings. The molecular weight excluding hydrogens is 300 g/mol. The highest BCUT2D eigenvalue weighted by molar-refractivity contribution is 5.55. The normalized spacial score (nSPS) is 14.7. The molecule has 1 fully saturated rings. The Morgan fingerprint density at radius 2 is 1.75 bits per heavy atom. The zero-order valence-electron chi connectivity index (χ0n) is 14.5. The SMILES string of the molecule is CC(C)Oc1ccccc1CNc1ccc(N2CCOCC2)cc1. The van der Waals surface area contributed by atoms with Gasteiger partial charge in [0, 0.05) is 36.6 Å². The van der Waals surface area contributed by atoms with Gasteiger partial charge in [0.05, 0.1) is 19.3 Å². The number of morpholine rings is 1. The molecule has 0 saturated carbocycles. The molecule has 4 heteroatoms. The molecular formula is C20H26N2O2. The standard InChI is InChI=1S/C20H26N2O2/c1-16(2)24-20-6-4-3-5-17(20)15-21-18-7-9-19(10-8-18)22-11-13-23-14-12-22/h3-10,16,21H,11-15H2,1-2H3. The summed E-state index contributed by atoms with van der Waals surface area (Å²) in [6.07, 6.45) is 0.180. The van der Waals surface area contributed by atoms with Crippen molar-refractivity contribution in [3.63, 3.8) is 0 Å². The first-order valence-corrected chi connectivity index (χ1v) is 8.63. The Bertz CT molecular complexity index is 634. The Kier molecular flexibility index (Phi) is 5.59. The van der Waals surface area contributed by atoms with Crippen LogP contribution >= 0.6 is 0 Å². The van der Waals surface area contributed by atoms with E-state index in [1.54, 1.807) is 0 Å². The van der Waals surface area contributed by atoms with Gasteiger partial charge in [0.2, 0.25) is 0 Å². The van der Waals surface area contributed by atoms with Gasteiger partial charge in [-0.2, -0.15) is 0 Å². The lowest BCUT2D eigenvalue weighted by Gasteiger charge is -2.29. The molecule has 0 unspecified atom stereocenters. The Labute approximate surface area is 144 Å². The van der Waals surface area contributed by atoms with Crippen LogP contribution in [0.2, 0.25) is 0 Å². The fraction of sp³-hybridized carbons (Fsp3) is 0.400. The molecule has 1 aliphatic heterocycles. The molecule has 2 aromatic rings. The summed E-state index contributed by atoms with van der Waals surface area (Å²) in [6.45, 7) is 8.40. The monoisotopic (exact) mass is 326 g/mol. The van der Waals surface area contributed by atoms with E-state index in [2.05, 4.69) is 54.4 Å². The fourth-order valence-corrected chi connectivity index (χ4v) is 2.83. The van der Waals surface area contributed by atoms with Gasteiger partial charge in [-0.25, -0.2) is 0 Å². The van der Waals surface area contributed by atoms with Crippen molar-refractivity contribution in [2.45, 2.75) is 26.5 Å². The van der Waals surface area contributed by atoms with Crippen molar-refractivity contribution in [1.29, 1.82) is 0 Å². The van der Waals surface area contributed by atoms with Crippen molar-refractivity contribution >= 4 is 11.4 Å². The average Bonchev–Trinajstić information content (AvgIpc) is 2.62. The van der Waals surface area contributed by atoms with Gasteiger partial charge in [-0.05, 0) is 44.2 Å². The minimum atomic E-state index is 0.180. The van der Waals surface area contributed by atoms with Crippen molar-refractivity contribution in [1.82, 2.24) is 0 Å².